The van der Waals surface area contributed by atoms with Crippen LogP contribution >= 0.6 is 0 Å². The second kappa shape index (κ2) is 7.70. The monoisotopic (exact) mass is 240 g/mol. The van der Waals surface area contributed by atoms with E-state index in [0.717, 1.165) is 38.4 Å². The normalized spacial score (nSPS) is 24.9. The van der Waals surface area contributed by atoms with Gasteiger partial charge in [0.2, 0.25) is 5.91 Å². The van der Waals surface area contributed by atoms with Gasteiger partial charge in [-0.2, -0.15) is 0 Å². The Morgan fingerprint density at radius 3 is 2.29 bits per heavy atom. The first-order valence-corrected chi connectivity index (χ1v) is 7.17. The first-order valence-electron chi connectivity index (χ1n) is 7.17. The van der Waals surface area contributed by atoms with E-state index in [4.69, 9.17) is 0 Å². The molecule has 0 aromatic heterocycles. The van der Waals surface area contributed by atoms with E-state index in [1.807, 2.05) is 0 Å². The third-order valence-corrected chi connectivity index (χ3v) is 3.93. The molecule has 0 spiro atoms. The molecule has 1 rings (SSSR count). The van der Waals surface area contributed by atoms with E-state index in [9.17, 15) is 4.79 Å². The Bertz CT molecular complexity index is 218. The van der Waals surface area contributed by atoms with Crippen molar-refractivity contribution in [3.05, 3.63) is 0 Å². The lowest BCUT2D eigenvalue weighted by atomic mass is 9.87. The highest BCUT2D eigenvalue weighted by atomic mass is 16.1. The number of nitrogens with one attached hydrogen (secondary N) is 1. The van der Waals surface area contributed by atoms with Gasteiger partial charge in [0.15, 0.2) is 0 Å². The molecule has 100 valence electrons. The van der Waals surface area contributed by atoms with Crippen LogP contribution in [0.1, 0.15) is 52.9 Å². The van der Waals surface area contributed by atoms with Crippen molar-refractivity contribution in [3.8, 4) is 0 Å². The van der Waals surface area contributed by atoms with Gasteiger partial charge in [0.1, 0.15) is 0 Å². The lowest BCUT2D eigenvalue weighted by Gasteiger charge is -2.27. The number of hydrogen-bond donors (Lipinski definition) is 1. The molecule has 3 heteroatoms. The molecule has 1 fully saturated rings. The van der Waals surface area contributed by atoms with Crippen LogP contribution in [0.2, 0.25) is 0 Å². The molecule has 1 aliphatic rings. The summed E-state index contributed by atoms with van der Waals surface area (Å²) in [7, 11) is 0. The molecule has 0 bridgehead atoms. The van der Waals surface area contributed by atoms with Crippen molar-refractivity contribution in [2.75, 3.05) is 19.6 Å². The van der Waals surface area contributed by atoms with E-state index < -0.39 is 0 Å². The fourth-order valence-corrected chi connectivity index (χ4v) is 2.50. The summed E-state index contributed by atoms with van der Waals surface area (Å²) in [6.45, 7) is 9.55. The SMILES string of the molecule is CCN(CC)CCC(=O)NC1CCC(C)CC1. The minimum absolute atomic E-state index is 0.233. The summed E-state index contributed by atoms with van der Waals surface area (Å²) in [6.07, 6.45) is 5.51. The molecule has 0 atom stereocenters. The van der Waals surface area contributed by atoms with Crippen LogP contribution in [-0.4, -0.2) is 36.5 Å². The quantitative estimate of drug-likeness (QED) is 0.773. The van der Waals surface area contributed by atoms with Gasteiger partial charge >= 0.3 is 0 Å². The van der Waals surface area contributed by atoms with Crippen LogP contribution in [0.3, 0.4) is 0 Å². The Hall–Kier alpha value is -0.570. The Balaban J connectivity index is 2.16. The number of nitrogens with zero attached hydrogens (tertiary/aromatic N) is 1. The lowest BCUT2D eigenvalue weighted by Crippen LogP contribution is -2.39. The summed E-state index contributed by atoms with van der Waals surface area (Å²) in [5, 5.41) is 3.18. The van der Waals surface area contributed by atoms with Crippen molar-refractivity contribution in [3.63, 3.8) is 0 Å². The van der Waals surface area contributed by atoms with E-state index in [-0.39, 0.29) is 5.91 Å². The van der Waals surface area contributed by atoms with Gasteiger partial charge in [0, 0.05) is 19.0 Å². The molecule has 0 aliphatic heterocycles. The molecule has 1 aliphatic carbocycles. The molecule has 1 amide bonds. The second-order valence-corrected chi connectivity index (χ2v) is 5.30. The molecular weight excluding hydrogens is 212 g/mol. The standard InChI is InChI=1S/C14H28N2O/c1-4-16(5-2)11-10-14(17)15-13-8-6-12(3)7-9-13/h12-13H,4-11H2,1-3H3,(H,15,17). The number of amides is 1. The highest BCUT2D eigenvalue weighted by Crippen LogP contribution is 2.23. The minimum Gasteiger partial charge on any atom is -0.353 e. The number of hydrogen-bond acceptors (Lipinski definition) is 2. The van der Waals surface area contributed by atoms with E-state index in [2.05, 4.69) is 31.0 Å². The molecule has 0 aromatic carbocycles. The predicted octanol–water partition coefficient (Wildman–Crippen LogP) is 2.41. The van der Waals surface area contributed by atoms with Gasteiger partial charge in [0.05, 0.1) is 0 Å². The molecule has 0 aromatic rings. The van der Waals surface area contributed by atoms with Crippen molar-refractivity contribution in [1.29, 1.82) is 0 Å². The van der Waals surface area contributed by atoms with Gasteiger partial charge in [-0.3, -0.25) is 4.79 Å². The average Bonchev–Trinajstić information content (AvgIpc) is 2.33. The number of carbonyl (C=O) groups excluding carboxylic acids is 1. The molecule has 0 radical (unpaired) electrons. The largest absolute Gasteiger partial charge is 0.353 e. The maximum atomic E-state index is 11.8. The topological polar surface area (TPSA) is 32.3 Å². The number of rotatable bonds is 6. The summed E-state index contributed by atoms with van der Waals surface area (Å²) in [4.78, 5) is 14.1. The second-order valence-electron chi connectivity index (χ2n) is 5.30. The van der Waals surface area contributed by atoms with Gasteiger partial charge in [0.25, 0.3) is 0 Å². The zero-order valence-corrected chi connectivity index (χ0v) is 11.7. The number of carbonyl (C=O) groups is 1. The average molecular weight is 240 g/mol. The molecule has 1 saturated carbocycles. The fraction of sp³-hybridized carbons (Fsp3) is 0.929. The molecule has 0 saturated heterocycles. The zero-order valence-electron chi connectivity index (χ0n) is 11.7. The van der Waals surface area contributed by atoms with Crippen molar-refractivity contribution in [2.24, 2.45) is 5.92 Å². The van der Waals surface area contributed by atoms with Crippen molar-refractivity contribution in [1.82, 2.24) is 10.2 Å². The highest BCUT2D eigenvalue weighted by molar-refractivity contribution is 5.76. The third-order valence-electron chi connectivity index (χ3n) is 3.93. The molecule has 17 heavy (non-hydrogen) atoms. The smallest absolute Gasteiger partial charge is 0.221 e. The lowest BCUT2D eigenvalue weighted by molar-refractivity contribution is -0.122. The van der Waals surface area contributed by atoms with Gasteiger partial charge in [-0.25, -0.2) is 0 Å². The van der Waals surface area contributed by atoms with Crippen LogP contribution in [0.15, 0.2) is 0 Å². The van der Waals surface area contributed by atoms with Crippen molar-refractivity contribution < 1.29 is 4.79 Å². The van der Waals surface area contributed by atoms with Crippen LogP contribution in [0.25, 0.3) is 0 Å². The van der Waals surface area contributed by atoms with Crippen LogP contribution < -0.4 is 5.32 Å². The van der Waals surface area contributed by atoms with Crippen LogP contribution in [0.4, 0.5) is 0 Å². The van der Waals surface area contributed by atoms with E-state index in [1.165, 1.54) is 12.8 Å². The Kier molecular flexibility index (Phi) is 6.56. The fourth-order valence-electron chi connectivity index (χ4n) is 2.50. The zero-order chi connectivity index (χ0) is 12.7. The van der Waals surface area contributed by atoms with Crippen LogP contribution in [0.5, 0.6) is 0 Å². The first kappa shape index (κ1) is 14.5. The van der Waals surface area contributed by atoms with Gasteiger partial charge in [-0.15, -0.1) is 0 Å². The maximum absolute atomic E-state index is 11.8. The minimum atomic E-state index is 0.233. The predicted molar refractivity (Wildman–Crippen MR) is 72.0 cm³/mol. The van der Waals surface area contributed by atoms with Gasteiger partial charge in [-0.1, -0.05) is 20.8 Å². The molecule has 1 N–H and O–H groups in total. The molecular formula is C14H28N2O. The summed E-state index contributed by atoms with van der Waals surface area (Å²) in [5.41, 5.74) is 0. The Morgan fingerprint density at radius 1 is 1.18 bits per heavy atom. The summed E-state index contributed by atoms with van der Waals surface area (Å²) < 4.78 is 0. The van der Waals surface area contributed by atoms with Gasteiger partial charge < -0.3 is 10.2 Å². The Morgan fingerprint density at radius 2 is 1.76 bits per heavy atom. The van der Waals surface area contributed by atoms with Crippen molar-refractivity contribution >= 4 is 5.91 Å². The summed E-state index contributed by atoms with van der Waals surface area (Å²) >= 11 is 0. The molecule has 0 heterocycles. The van der Waals surface area contributed by atoms with Gasteiger partial charge in [-0.05, 0) is 44.7 Å². The highest BCUT2D eigenvalue weighted by Gasteiger charge is 2.19. The third kappa shape index (κ3) is 5.53. The van der Waals surface area contributed by atoms with Crippen LogP contribution in [0, 0.1) is 5.92 Å². The molecule has 0 unspecified atom stereocenters. The van der Waals surface area contributed by atoms with E-state index in [0.29, 0.717) is 12.5 Å². The summed E-state index contributed by atoms with van der Waals surface area (Å²) in [6, 6.07) is 0.440. The molecule has 3 nitrogen and oxygen atoms in total. The van der Waals surface area contributed by atoms with E-state index >= 15 is 0 Å². The first-order chi connectivity index (χ1) is 8.15. The van der Waals surface area contributed by atoms with Crippen LogP contribution in [-0.2, 0) is 4.79 Å². The van der Waals surface area contributed by atoms with E-state index in [1.54, 1.807) is 0 Å². The summed E-state index contributed by atoms with van der Waals surface area (Å²) in [5.74, 6) is 1.08. The maximum Gasteiger partial charge on any atom is 0.221 e. The Labute approximate surface area is 106 Å². The van der Waals surface area contributed by atoms with Crippen molar-refractivity contribution in [2.45, 2.75) is 58.9 Å².